The molecule has 0 aromatic rings. The normalized spacial score (nSPS) is 13.8. The van der Waals surface area contributed by atoms with Gasteiger partial charge in [0.2, 0.25) is 0 Å². The molecule has 2 unspecified atom stereocenters. The summed E-state index contributed by atoms with van der Waals surface area (Å²) in [4.78, 5) is 35.1. The minimum absolute atomic E-state index is 0.0245. The number of carbonyl (C=O) groups excluding carboxylic acids is 2. The van der Waals surface area contributed by atoms with Crippen LogP contribution >= 0.6 is 7.82 Å². The van der Waals surface area contributed by atoms with Gasteiger partial charge in [-0.05, 0) is 84.1 Å². The summed E-state index contributed by atoms with van der Waals surface area (Å²) in [6, 6.07) is 0. The Morgan fingerprint density at radius 1 is 0.552 bits per heavy atom. The lowest BCUT2D eigenvalue weighted by molar-refractivity contribution is -0.161. The van der Waals surface area contributed by atoms with Crippen LogP contribution in [0.2, 0.25) is 0 Å². The number of carbonyl (C=O) groups is 2. The minimum atomic E-state index is -4.36. The van der Waals surface area contributed by atoms with Crippen molar-refractivity contribution in [3.05, 3.63) is 60.8 Å². The summed E-state index contributed by atoms with van der Waals surface area (Å²) >= 11 is 0. The highest BCUT2D eigenvalue weighted by Gasteiger charge is 2.26. The number of hydrogen-bond donors (Lipinski definition) is 2. The van der Waals surface area contributed by atoms with Gasteiger partial charge in [-0.1, -0.05) is 164 Å². The maximum absolute atomic E-state index is 12.6. The van der Waals surface area contributed by atoms with Crippen LogP contribution in [-0.2, 0) is 32.7 Å². The number of hydrogen-bond acceptors (Lipinski definition) is 8. The molecule has 0 radical (unpaired) electrons. The number of nitrogens with one attached hydrogen (secondary N) is 1. The summed E-state index contributed by atoms with van der Waals surface area (Å²) in [5.41, 5.74) is 0. The summed E-state index contributed by atoms with van der Waals surface area (Å²) in [6.07, 6.45) is 51.2. The molecule has 0 aromatic heterocycles. The highest BCUT2D eigenvalue weighted by atomic mass is 31.2. The van der Waals surface area contributed by atoms with Crippen molar-refractivity contribution in [2.24, 2.45) is 0 Å². The van der Waals surface area contributed by atoms with Crippen molar-refractivity contribution in [1.82, 2.24) is 5.32 Å². The van der Waals surface area contributed by atoms with Crippen molar-refractivity contribution in [3.8, 4) is 0 Å². The third-order valence-electron chi connectivity index (χ3n) is 9.62. The third-order valence-corrected chi connectivity index (χ3v) is 10.6. The van der Waals surface area contributed by atoms with Crippen LogP contribution in [-0.4, -0.2) is 56.3 Å². The van der Waals surface area contributed by atoms with Gasteiger partial charge in [0.15, 0.2) is 6.10 Å². The molecular formula is C48H86NO8P. The number of likely N-dealkylation sites (N-methyl/N-ethyl adjacent to an activating group) is 1. The zero-order valence-corrected chi connectivity index (χ0v) is 38.1. The van der Waals surface area contributed by atoms with Crippen LogP contribution < -0.4 is 5.32 Å². The molecule has 0 heterocycles. The predicted molar refractivity (Wildman–Crippen MR) is 243 cm³/mol. The maximum Gasteiger partial charge on any atom is 0.472 e. The molecule has 9 nitrogen and oxygen atoms in total. The molecule has 336 valence electrons. The highest BCUT2D eigenvalue weighted by molar-refractivity contribution is 7.47. The topological polar surface area (TPSA) is 120 Å². The van der Waals surface area contributed by atoms with Gasteiger partial charge >= 0.3 is 19.8 Å². The largest absolute Gasteiger partial charge is 0.472 e. The Hall–Kier alpha value is -2.29. The molecule has 0 aromatic carbocycles. The van der Waals surface area contributed by atoms with Crippen molar-refractivity contribution >= 4 is 19.8 Å². The molecule has 0 spiro atoms. The van der Waals surface area contributed by atoms with Crippen LogP contribution in [0.1, 0.15) is 194 Å². The van der Waals surface area contributed by atoms with E-state index in [1.165, 1.54) is 89.9 Å². The monoisotopic (exact) mass is 836 g/mol. The van der Waals surface area contributed by atoms with E-state index in [2.05, 4.69) is 79.9 Å². The van der Waals surface area contributed by atoms with Gasteiger partial charge in [-0.2, -0.15) is 0 Å². The van der Waals surface area contributed by atoms with Gasteiger partial charge in [-0.15, -0.1) is 0 Å². The molecule has 0 aliphatic rings. The highest BCUT2D eigenvalue weighted by Crippen LogP contribution is 2.43. The SMILES string of the molecule is CC/C=C\C/C=C\C/C=C\C/C=C\CCCCCCC(=O)OC(COC(=O)CCCCCCCCCCC/C=C\CCCCCCCC)COP(=O)(O)OCCNC. The van der Waals surface area contributed by atoms with Crippen LogP contribution in [0, 0.1) is 0 Å². The van der Waals surface area contributed by atoms with Crippen molar-refractivity contribution in [3.63, 3.8) is 0 Å². The Morgan fingerprint density at radius 2 is 0.983 bits per heavy atom. The van der Waals surface area contributed by atoms with Crippen LogP contribution in [0.25, 0.3) is 0 Å². The molecule has 0 fully saturated rings. The number of rotatable bonds is 43. The second kappa shape index (κ2) is 44.3. The Labute approximate surface area is 355 Å². The fourth-order valence-electron chi connectivity index (χ4n) is 6.13. The van der Waals surface area contributed by atoms with Gasteiger partial charge in [0, 0.05) is 19.4 Å². The van der Waals surface area contributed by atoms with Crippen LogP contribution in [0.5, 0.6) is 0 Å². The Balaban J connectivity index is 4.22. The van der Waals surface area contributed by atoms with Crippen LogP contribution in [0.3, 0.4) is 0 Å². The molecular weight excluding hydrogens is 750 g/mol. The van der Waals surface area contributed by atoms with E-state index in [1.54, 1.807) is 7.05 Å². The molecule has 0 aliphatic carbocycles. The number of ether oxygens (including phenoxy) is 2. The Bertz CT molecular complexity index is 1130. The quantitative estimate of drug-likeness (QED) is 0.0268. The standard InChI is InChI=1S/C48H86NO8P/c1-4-6-8-10-12-14-16-18-20-22-23-25-26-28-30-32-34-36-38-40-47(50)54-44-46(45-56-58(52,53)55-43-42-49-3)57-48(51)41-39-37-35-33-31-29-27-24-21-19-17-15-13-11-9-7-5-2/h7,9,13,15,18-21,27,29,46,49H,4-6,8,10-12,14,16-17,22-26,28,30-45H2,1-3H3,(H,52,53)/b9-7-,15-13-,20-18-,21-19-,29-27-. The zero-order valence-electron chi connectivity index (χ0n) is 37.2. The first-order chi connectivity index (χ1) is 28.3. The van der Waals surface area contributed by atoms with Gasteiger partial charge in [0.25, 0.3) is 0 Å². The first-order valence-electron chi connectivity index (χ1n) is 23.2. The molecule has 0 rings (SSSR count). The Morgan fingerprint density at radius 3 is 1.48 bits per heavy atom. The molecule has 0 saturated carbocycles. The van der Waals surface area contributed by atoms with E-state index in [9.17, 15) is 19.0 Å². The first-order valence-corrected chi connectivity index (χ1v) is 24.7. The maximum atomic E-state index is 12.6. The summed E-state index contributed by atoms with van der Waals surface area (Å²) in [7, 11) is -2.66. The predicted octanol–water partition coefficient (Wildman–Crippen LogP) is 13.5. The molecule has 0 amide bonds. The Kier molecular flexibility index (Phi) is 42.5. The number of phosphoric acid groups is 1. The van der Waals surface area contributed by atoms with Gasteiger partial charge in [-0.25, -0.2) is 4.57 Å². The lowest BCUT2D eigenvalue weighted by Gasteiger charge is -2.20. The van der Waals surface area contributed by atoms with E-state index >= 15 is 0 Å². The second-order valence-corrected chi connectivity index (χ2v) is 16.7. The van der Waals surface area contributed by atoms with Gasteiger partial charge in [0.05, 0.1) is 13.2 Å². The van der Waals surface area contributed by atoms with E-state index < -0.39 is 26.5 Å². The van der Waals surface area contributed by atoms with Gasteiger partial charge in [0.1, 0.15) is 6.61 Å². The average molecular weight is 836 g/mol. The molecule has 2 N–H and O–H groups in total. The fourth-order valence-corrected chi connectivity index (χ4v) is 6.88. The van der Waals surface area contributed by atoms with Crippen LogP contribution in [0.15, 0.2) is 60.8 Å². The molecule has 2 atom stereocenters. The molecule has 0 saturated heterocycles. The van der Waals surface area contributed by atoms with E-state index in [4.69, 9.17) is 18.5 Å². The number of unbranched alkanes of at least 4 members (excludes halogenated alkanes) is 19. The first kappa shape index (κ1) is 55.7. The van der Waals surface area contributed by atoms with Crippen molar-refractivity contribution < 1.29 is 37.6 Å². The third kappa shape index (κ3) is 43.3. The number of phosphoric ester groups is 1. The lowest BCUT2D eigenvalue weighted by atomic mass is 10.1. The van der Waals surface area contributed by atoms with Gasteiger partial charge in [-0.3, -0.25) is 18.6 Å². The van der Waals surface area contributed by atoms with E-state index in [-0.39, 0.29) is 32.0 Å². The minimum Gasteiger partial charge on any atom is -0.462 e. The summed E-state index contributed by atoms with van der Waals surface area (Å²) < 4.78 is 33.2. The van der Waals surface area contributed by atoms with Gasteiger partial charge < -0.3 is 19.7 Å². The van der Waals surface area contributed by atoms with Crippen molar-refractivity contribution in [2.75, 3.05) is 33.4 Å². The molecule has 58 heavy (non-hydrogen) atoms. The second-order valence-electron chi connectivity index (χ2n) is 15.2. The van der Waals surface area contributed by atoms with Crippen LogP contribution in [0.4, 0.5) is 0 Å². The van der Waals surface area contributed by atoms with E-state index in [0.717, 1.165) is 70.6 Å². The van der Waals surface area contributed by atoms with E-state index in [0.29, 0.717) is 13.0 Å². The smallest absolute Gasteiger partial charge is 0.462 e. The molecule has 0 aliphatic heterocycles. The lowest BCUT2D eigenvalue weighted by Crippen LogP contribution is -2.29. The molecule has 10 heteroatoms. The van der Waals surface area contributed by atoms with E-state index in [1.807, 2.05) is 0 Å². The zero-order chi connectivity index (χ0) is 42.5. The van der Waals surface area contributed by atoms with Crippen molar-refractivity contribution in [2.45, 2.75) is 200 Å². The summed E-state index contributed by atoms with van der Waals surface area (Å²) in [5.74, 6) is -0.837. The number of allylic oxidation sites excluding steroid dienone is 10. The summed E-state index contributed by atoms with van der Waals surface area (Å²) in [6.45, 7) is 4.08. The van der Waals surface area contributed by atoms with Crippen molar-refractivity contribution in [1.29, 1.82) is 0 Å². The average Bonchev–Trinajstić information content (AvgIpc) is 3.21. The fraction of sp³-hybridized carbons (Fsp3) is 0.750. The number of esters is 2. The summed E-state index contributed by atoms with van der Waals surface area (Å²) in [5, 5.41) is 2.82. The molecule has 0 bridgehead atoms.